The van der Waals surface area contributed by atoms with Crippen molar-refractivity contribution in [3.05, 3.63) is 23.5 Å². The highest BCUT2D eigenvalue weighted by Crippen LogP contribution is 2.14. The molecular weight excluding hydrogens is 241 g/mol. The number of carbonyl (C=O) groups is 1. The second-order valence-corrected chi connectivity index (χ2v) is 3.09. The van der Waals surface area contributed by atoms with Gasteiger partial charge in [0.25, 0.3) is 0 Å². The summed E-state index contributed by atoms with van der Waals surface area (Å²) in [5.41, 5.74) is 2.74. The van der Waals surface area contributed by atoms with E-state index in [4.69, 9.17) is 0 Å². The van der Waals surface area contributed by atoms with Crippen molar-refractivity contribution in [2.45, 2.75) is 12.7 Å². The van der Waals surface area contributed by atoms with Gasteiger partial charge in [-0.15, -0.1) is 0 Å². The van der Waals surface area contributed by atoms with E-state index in [2.05, 4.69) is 20.0 Å². The van der Waals surface area contributed by atoms with Gasteiger partial charge in [-0.2, -0.15) is 18.7 Å². The maximum atomic E-state index is 11.7. The van der Waals surface area contributed by atoms with E-state index < -0.39 is 18.8 Å². The molecule has 0 saturated heterocycles. The van der Waals surface area contributed by atoms with Gasteiger partial charge in [-0.25, -0.2) is 4.79 Å². The number of H-pyrrole nitrogens is 1. The van der Waals surface area contributed by atoms with Crippen LogP contribution in [-0.2, 0) is 16.1 Å². The Labute approximate surface area is 94.9 Å². The fourth-order valence-electron chi connectivity index (χ4n) is 1.11. The van der Waals surface area contributed by atoms with Crippen molar-refractivity contribution in [3.8, 4) is 0 Å². The van der Waals surface area contributed by atoms with E-state index in [1.54, 1.807) is 0 Å². The number of ether oxygens (including phenoxy) is 1. The number of nitrogens with one attached hydrogen (secondary N) is 2. The Morgan fingerprint density at radius 1 is 1.53 bits per heavy atom. The fraction of sp³-hybridized carbons (Fsp3) is 0.444. The van der Waals surface area contributed by atoms with Crippen LogP contribution >= 0.6 is 0 Å². The topological polar surface area (TPSA) is 63.4 Å². The third-order valence-electron chi connectivity index (χ3n) is 1.82. The summed E-state index contributed by atoms with van der Waals surface area (Å²) in [6.07, 6.45) is -2.92. The van der Waals surface area contributed by atoms with Crippen LogP contribution in [0.5, 0.6) is 0 Å². The number of hydroxylamine groups is 1. The first kappa shape index (κ1) is 13.5. The van der Waals surface area contributed by atoms with Crippen LogP contribution in [0.1, 0.15) is 16.1 Å². The Hall–Kier alpha value is -1.54. The Balaban J connectivity index is 2.42. The largest absolute Gasteiger partial charge is 0.465 e. The molecular formula is C9H11F3N2O3. The molecule has 5 nitrogen and oxygen atoms in total. The van der Waals surface area contributed by atoms with Gasteiger partial charge in [0.15, 0.2) is 6.61 Å². The summed E-state index contributed by atoms with van der Waals surface area (Å²) in [7, 11) is 1.21. The van der Waals surface area contributed by atoms with E-state index in [9.17, 15) is 18.0 Å². The van der Waals surface area contributed by atoms with Crippen molar-refractivity contribution < 1.29 is 27.5 Å². The van der Waals surface area contributed by atoms with E-state index in [0.717, 1.165) is 0 Å². The number of hydrogen-bond donors (Lipinski definition) is 2. The molecule has 17 heavy (non-hydrogen) atoms. The highest BCUT2D eigenvalue weighted by Gasteiger charge is 2.27. The molecule has 0 spiro atoms. The minimum atomic E-state index is -4.39. The summed E-state index contributed by atoms with van der Waals surface area (Å²) in [5.74, 6) is -0.570. The molecule has 0 aliphatic heterocycles. The predicted octanol–water partition coefficient (Wildman–Crippen LogP) is 1.38. The van der Waals surface area contributed by atoms with Crippen LogP contribution in [-0.4, -0.2) is 30.8 Å². The van der Waals surface area contributed by atoms with E-state index in [1.165, 1.54) is 19.4 Å². The summed E-state index contributed by atoms with van der Waals surface area (Å²) >= 11 is 0. The number of alkyl halides is 3. The number of carbonyl (C=O) groups excluding carboxylic acids is 1. The average Bonchev–Trinajstić information content (AvgIpc) is 2.70. The van der Waals surface area contributed by atoms with E-state index in [0.29, 0.717) is 5.69 Å². The van der Waals surface area contributed by atoms with Crippen molar-refractivity contribution in [3.63, 3.8) is 0 Å². The number of halogens is 3. The fourth-order valence-corrected chi connectivity index (χ4v) is 1.11. The summed E-state index contributed by atoms with van der Waals surface area (Å²) in [6.45, 7) is -1.46. The number of rotatable bonds is 5. The molecule has 8 heteroatoms. The minimum absolute atomic E-state index is 0.0620. The summed E-state index contributed by atoms with van der Waals surface area (Å²) in [5, 5.41) is 0. The Kier molecular flexibility index (Phi) is 4.53. The zero-order chi connectivity index (χ0) is 12.9. The van der Waals surface area contributed by atoms with Crippen LogP contribution in [0.2, 0.25) is 0 Å². The van der Waals surface area contributed by atoms with Crippen LogP contribution in [0.15, 0.2) is 12.3 Å². The molecule has 0 aliphatic carbocycles. The van der Waals surface area contributed by atoms with Crippen LogP contribution < -0.4 is 5.48 Å². The normalized spacial score (nSPS) is 11.5. The predicted molar refractivity (Wildman–Crippen MR) is 51.0 cm³/mol. The minimum Gasteiger partial charge on any atom is -0.465 e. The molecule has 96 valence electrons. The van der Waals surface area contributed by atoms with Gasteiger partial charge in [0.1, 0.15) is 0 Å². The lowest BCUT2D eigenvalue weighted by atomic mass is 10.2. The number of hydrogen-bond acceptors (Lipinski definition) is 4. The van der Waals surface area contributed by atoms with Gasteiger partial charge in [-0.05, 0) is 6.07 Å². The van der Waals surface area contributed by atoms with Crippen molar-refractivity contribution in [2.24, 2.45) is 0 Å². The standard InChI is InChI=1S/C9H11F3N2O3/c1-16-8(15)6-2-3-13-7(6)4-14-17-5-9(10,11)12/h2-3,13-14H,4-5H2,1H3. The van der Waals surface area contributed by atoms with Gasteiger partial charge in [0.2, 0.25) is 0 Å². The van der Waals surface area contributed by atoms with Crippen molar-refractivity contribution in [1.29, 1.82) is 0 Å². The molecule has 2 N–H and O–H groups in total. The third kappa shape index (κ3) is 4.45. The second-order valence-electron chi connectivity index (χ2n) is 3.09. The number of methoxy groups -OCH3 is 1. The molecule has 1 aromatic heterocycles. The molecule has 0 amide bonds. The Bertz CT molecular complexity index is 376. The molecule has 0 unspecified atom stereocenters. The summed E-state index contributed by atoms with van der Waals surface area (Å²) in [4.78, 5) is 18.1. The van der Waals surface area contributed by atoms with Crippen LogP contribution in [0.25, 0.3) is 0 Å². The first-order chi connectivity index (χ1) is 7.94. The van der Waals surface area contributed by atoms with Gasteiger partial charge in [0.05, 0.1) is 19.2 Å². The Morgan fingerprint density at radius 2 is 2.24 bits per heavy atom. The summed E-state index contributed by atoms with van der Waals surface area (Å²) < 4.78 is 39.7. The first-order valence-electron chi connectivity index (χ1n) is 4.60. The van der Waals surface area contributed by atoms with Crippen LogP contribution in [0.3, 0.4) is 0 Å². The van der Waals surface area contributed by atoms with Crippen molar-refractivity contribution in [2.75, 3.05) is 13.7 Å². The zero-order valence-corrected chi connectivity index (χ0v) is 8.93. The van der Waals surface area contributed by atoms with E-state index >= 15 is 0 Å². The molecule has 0 fully saturated rings. The lowest BCUT2D eigenvalue weighted by Gasteiger charge is -2.08. The second kappa shape index (κ2) is 5.69. The molecule has 0 radical (unpaired) electrons. The van der Waals surface area contributed by atoms with Gasteiger partial charge in [-0.1, -0.05) is 0 Å². The molecule has 0 bridgehead atoms. The monoisotopic (exact) mass is 252 g/mol. The quantitative estimate of drug-likeness (QED) is 0.472. The smallest absolute Gasteiger partial charge is 0.413 e. The lowest BCUT2D eigenvalue weighted by Crippen LogP contribution is -2.25. The number of aromatic nitrogens is 1. The number of esters is 1. The molecule has 1 aromatic rings. The SMILES string of the molecule is COC(=O)c1cc[nH]c1CNOCC(F)(F)F. The third-order valence-corrected chi connectivity index (χ3v) is 1.82. The van der Waals surface area contributed by atoms with Gasteiger partial charge in [-0.3, -0.25) is 4.84 Å². The molecule has 0 aromatic carbocycles. The van der Waals surface area contributed by atoms with Gasteiger partial charge >= 0.3 is 12.1 Å². The zero-order valence-electron chi connectivity index (χ0n) is 8.93. The molecule has 0 saturated carbocycles. The molecule has 0 aliphatic rings. The van der Waals surface area contributed by atoms with Crippen molar-refractivity contribution in [1.82, 2.24) is 10.5 Å². The van der Waals surface area contributed by atoms with Crippen molar-refractivity contribution >= 4 is 5.97 Å². The highest BCUT2D eigenvalue weighted by atomic mass is 19.4. The molecule has 0 atom stereocenters. The maximum absolute atomic E-state index is 11.7. The highest BCUT2D eigenvalue weighted by molar-refractivity contribution is 5.90. The lowest BCUT2D eigenvalue weighted by molar-refractivity contribution is -0.190. The maximum Gasteiger partial charge on any atom is 0.413 e. The van der Waals surface area contributed by atoms with Gasteiger partial charge in [0, 0.05) is 11.9 Å². The van der Waals surface area contributed by atoms with Crippen LogP contribution in [0, 0.1) is 0 Å². The Morgan fingerprint density at radius 3 is 2.82 bits per heavy atom. The van der Waals surface area contributed by atoms with Crippen LogP contribution in [0.4, 0.5) is 13.2 Å². The van der Waals surface area contributed by atoms with E-state index in [1.807, 2.05) is 0 Å². The first-order valence-corrected chi connectivity index (χ1v) is 4.60. The average molecular weight is 252 g/mol. The summed E-state index contributed by atoms with van der Waals surface area (Å²) in [6, 6.07) is 1.46. The van der Waals surface area contributed by atoms with E-state index in [-0.39, 0.29) is 12.1 Å². The molecule has 1 heterocycles. The number of aromatic amines is 1. The van der Waals surface area contributed by atoms with Gasteiger partial charge < -0.3 is 9.72 Å². The molecule has 1 rings (SSSR count).